The van der Waals surface area contributed by atoms with Gasteiger partial charge in [0.05, 0.1) is 11.7 Å². The number of anilines is 1. The number of hydrogen-bond acceptors (Lipinski definition) is 3. The second-order valence-corrected chi connectivity index (χ2v) is 4.37. The fraction of sp³-hybridized carbons (Fsp3) is 0.455. The first-order chi connectivity index (χ1) is 7.04. The van der Waals surface area contributed by atoms with Crippen LogP contribution in [0.25, 0.3) is 11.0 Å². The summed E-state index contributed by atoms with van der Waals surface area (Å²) in [7, 11) is 0. The van der Waals surface area contributed by atoms with Crippen LogP contribution in [-0.4, -0.2) is 14.8 Å². The van der Waals surface area contributed by atoms with Crippen molar-refractivity contribution in [2.24, 2.45) is 0 Å². The molecule has 0 fully saturated rings. The Bertz CT molecular complexity index is 484. The van der Waals surface area contributed by atoms with Gasteiger partial charge in [-0.25, -0.2) is 9.67 Å². The van der Waals surface area contributed by atoms with E-state index in [1.54, 1.807) is 6.07 Å². The minimum atomic E-state index is -0.0253. The molecule has 0 aliphatic carbocycles. The molecule has 2 rings (SSSR count). The van der Waals surface area contributed by atoms with Gasteiger partial charge in [0.1, 0.15) is 5.82 Å². The molecule has 0 atom stereocenters. The maximum atomic E-state index is 5.68. The van der Waals surface area contributed by atoms with Crippen molar-refractivity contribution in [3.8, 4) is 0 Å². The van der Waals surface area contributed by atoms with Crippen molar-refractivity contribution in [2.75, 3.05) is 5.73 Å². The number of aromatic nitrogens is 3. The maximum absolute atomic E-state index is 5.68. The first kappa shape index (κ1) is 9.96. The lowest BCUT2D eigenvalue weighted by molar-refractivity contribution is 0.317. The zero-order chi connectivity index (χ0) is 11.1. The van der Waals surface area contributed by atoms with E-state index in [1.807, 2.05) is 16.9 Å². The molecule has 0 aromatic carbocycles. The van der Waals surface area contributed by atoms with E-state index >= 15 is 0 Å². The highest BCUT2D eigenvalue weighted by molar-refractivity contribution is 5.76. The van der Waals surface area contributed by atoms with Crippen molar-refractivity contribution in [2.45, 2.75) is 32.7 Å². The monoisotopic (exact) mass is 204 g/mol. The van der Waals surface area contributed by atoms with Crippen LogP contribution in [0.15, 0.2) is 18.3 Å². The molecule has 2 aromatic heterocycles. The summed E-state index contributed by atoms with van der Waals surface area (Å²) >= 11 is 0. The van der Waals surface area contributed by atoms with E-state index < -0.39 is 0 Å². The summed E-state index contributed by atoms with van der Waals surface area (Å²) in [6, 6.07) is 3.75. The predicted molar refractivity (Wildman–Crippen MR) is 61.6 cm³/mol. The van der Waals surface area contributed by atoms with Gasteiger partial charge in [-0.1, -0.05) is 6.92 Å². The fourth-order valence-corrected chi connectivity index (χ4v) is 1.51. The summed E-state index contributed by atoms with van der Waals surface area (Å²) in [6.07, 6.45) is 2.83. The van der Waals surface area contributed by atoms with E-state index in [2.05, 4.69) is 30.9 Å². The van der Waals surface area contributed by atoms with Gasteiger partial charge in [-0.15, -0.1) is 0 Å². The standard InChI is InChI=1S/C11H16N4/c1-4-11(2,3)15-10-8(7-13-15)5-6-9(12)14-10/h5-7H,4H2,1-3H3,(H2,12,14). The van der Waals surface area contributed by atoms with Crippen molar-refractivity contribution >= 4 is 16.9 Å². The summed E-state index contributed by atoms with van der Waals surface area (Å²) < 4.78 is 1.94. The highest BCUT2D eigenvalue weighted by Gasteiger charge is 2.21. The Balaban J connectivity index is 2.67. The molecular weight excluding hydrogens is 188 g/mol. The van der Waals surface area contributed by atoms with Crippen LogP contribution in [0.3, 0.4) is 0 Å². The highest BCUT2D eigenvalue weighted by atomic mass is 15.3. The minimum absolute atomic E-state index is 0.0253. The van der Waals surface area contributed by atoms with Crippen LogP contribution in [0, 0.1) is 0 Å². The molecule has 4 heteroatoms. The quantitative estimate of drug-likeness (QED) is 0.815. The van der Waals surface area contributed by atoms with E-state index in [1.165, 1.54) is 0 Å². The molecule has 0 aliphatic rings. The van der Waals surface area contributed by atoms with Gasteiger partial charge in [-0.3, -0.25) is 0 Å². The maximum Gasteiger partial charge on any atom is 0.160 e. The van der Waals surface area contributed by atoms with E-state index in [0.717, 1.165) is 17.5 Å². The molecule has 15 heavy (non-hydrogen) atoms. The average Bonchev–Trinajstić information content (AvgIpc) is 2.61. The number of nitrogens with two attached hydrogens (primary N) is 1. The van der Waals surface area contributed by atoms with Crippen LogP contribution in [0.4, 0.5) is 5.82 Å². The van der Waals surface area contributed by atoms with E-state index in [-0.39, 0.29) is 5.54 Å². The molecule has 0 radical (unpaired) electrons. The fourth-order valence-electron chi connectivity index (χ4n) is 1.51. The van der Waals surface area contributed by atoms with Crippen LogP contribution in [0.2, 0.25) is 0 Å². The summed E-state index contributed by atoms with van der Waals surface area (Å²) in [5, 5.41) is 5.41. The lowest BCUT2D eigenvalue weighted by Gasteiger charge is -2.23. The first-order valence-electron chi connectivity index (χ1n) is 5.15. The normalized spacial score (nSPS) is 12.2. The molecule has 0 saturated carbocycles. The van der Waals surface area contributed by atoms with E-state index in [4.69, 9.17) is 5.73 Å². The molecule has 0 unspecified atom stereocenters. The van der Waals surface area contributed by atoms with Crippen molar-refractivity contribution in [3.05, 3.63) is 18.3 Å². The third kappa shape index (κ3) is 1.56. The Morgan fingerprint density at radius 3 is 2.80 bits per heavy atom. The Morgan fingerprint density at radius 2 is 2.13 bits per heavy atom. The van der Waals surface area contributed by atoms with Gasteiger partial charge in [0.15, 0.2) is 5.65 Å². The third-order valence-corrected chi connectivity index (χ3v) is 2.88. The van der Waals surface area contributed by atoms with Crippen LogP contribution in [0.1, 0.15) is 27.2 Å². The van der Waals surface area contributed by atoms with Gasteiger partial charge in [0.2, 0.25) is 0 Å². The van der Waals surface area contributed by atoms with Crippen molar-refractivity contribution < 1.29 is 0 Å². The van der Waals surface area contributed by atoms with Gasteiger partial charge in [0.25, 0.3) is 0 Å². The molecule has 0 amide bonds. The lowest BCUT2D eigenvalue weighted by Crippen LogP contribution is -2.26. The Labute approximate surface area is 89.1 Å². The summed E-state index contributed by atoms with van der Waals surface area (Å²) in [4.78, 5) is 4.33. The van der Waals surface area contributed by atoms with Gasteiger partial charge in [-0.05, 0) is 32.4 Å². The molecule has 80 valence electrons. The lowest BCUT2D eigenvalue weighted by atomic mass is 10.0. The zero-order valence-corrected chi connectivity index (χ0v) is 9.36. The molecule has 2 N–H and O–H groups in total. The number of fused-ring (bicyclic) bond motifs is 1. The van der Waals surface area contributed by atoms with Crippen LogP contribution < -0.4 is 5.73 Å². The molecule has 0 bridgehead atoms. The number of nitrogen functional groups attached to an aromatic ring is 1. The van der Waals surface area contributed by atoms with Gasteiger partial charge >= 0.3 is 0 Å². The zero-order valence-electron chi connectivity index (χ0n) is 9.36. The van der Waals surface area contributed by atoms with Gasteiger partial charge in [-0.2, -0.15) is 5.10 Å². The number of hydrogen-bond donors (Lipinski definition) is 1. The minimum Gasteiger partial charge on any atom is -0.384 e. The predicted octanol–water partition coefficient (Wildman–Crippen LogP) is 2.16. The Hall–Kier alpha value is -1.58. The van der Waals surface area contributed by atoms with Gasteiger partial charge in [0, 0.05) is 5.39 Å². The molecule has 4 nitrogen and oxygen atoms in total. The molecule has 2 aromatic rings. The van der Waals surface area contributed by atoms with E-state index in [0.29, 0.717) is 5.82 Å². The Morgan fingerprint density at radius 1 is 1.40 bits per heavy atom. The molecule has 0 spiro atoms. The second-order valence-electron chi connectivity index (χ2n) is 4.37. The van der Waals surface area contributed by atoms with Crippen molar-refractivity contribution in [1.82, 2.24) is 14.8 Å². The van der Waals surface area contributed by atoms with Gasteiger partial charge < -0.3 is 5.73 Å². The number of nitrogens with zero attached hydrogens (tertiary/aromatic N) is 3. The topological polar surface area (TPSA) is 56.7 Å². The average molecular weight is 204 g/mol. The highest BCUT2D eigenvalue weighted by Crippen LogP contribution is 2.23. The molecule has 0 saturated heterocycles. The number of rotatable bonds is 2. The van der Waals surface area contributed by atoms with Crippen molar-refractivity contribution in [1.29, 1.82) is 0 Å². The first-order valence-corrected chi connectivity index (χ1v) is 5.15. The SMILES string of the molecule is CCC(C)(C)n1ncc2ccc(N)nc21. The number of pyridine rings is 1. The van der Waals surface area contributed by atoms with E-state index in [9.17, 15) is 0 Å². The largest absolute Gasteiger partial charge is 0.384 e. The second kappa shape index (κ2) is 3.22. The molecule has 0 aliphatic heterocycles. The van der Waals surface area contributed by atoms with Crippen LogP contribution >= 0.6 is 0 Å². The summed E-state index contributed by atoms with van der Waals surface area (Å²) in [6.45, 7) is 6.43. The smallest absolute Gasteiger partial charge is 0.160 e. The third-order valence-electron chi connectivity index (χ3n) is 2.88. The van der Waals surface area contributed by atoms with Crippen LogP contribution in [-0.2, 0) is 5.54 Å². The molecular formula is C11H16N4. The van der Waals surface area contributed by atoms with Crippen molar-refractivity contribution in [3.63, 3.8) is 0 Å². The Kier molecular flexibility index (Phi) is 2.14. The summed E-state index contributed by atoms with van der Waals surface area (Å²) in [5.41, 5.74) is 6.52. The summed E-state index contributed by atoms with van der Waals surface area (Å²) in [5.74, 6) is 0.538. The van der Waals surface area contributed by atoms with Crippen LogP contribution in [0.5, 0.6) is 0 Å². The molecule has 2 heterocycles.